The van der Waals surface area contributed by atoms with Crippen LogP contribution in [0.3, 0.4) is 0 Å². The highest BCUT2D eigenvalue weighted by molar-refractivity contribution is 5.93. The maximum Gasteiger partial charge on any atom is 0.270 e. The normalized spacial score (nSPS) is 17.1. The van der Waals surface area contributed by atoms with E-state index in [1.165, 1.54) is 0 Å². The Morgan fingerprint density at radius 2 is 2.00 bits per heavy atom. The monoisotopic (exact) mass is 354 g/mol. The van der Waals surface area contributed by atoms with Crippen LogP contribution in [0.25, 0.3) is 11.4 Å². The van der Waals surface area contributed by atoms with Crippen molar-refractivity contribution in [2.75, 3.05) is 18.5 Å². The molecule has 0 aliphatic carbocycles. The number of aromatic nitrogens is 2. The van der Waals surface area contributed by atoms with Gasteiger partial charge in [0.1, 0.15) is 11.5 Å². The molecule has 0 bridgehead atoms. The molecule has 1 aliphatic heterocycles. The molecule has 1 aliphatic rings. The first-order valence-electron chi connectivity index (χ1n) is 9.03. The molecule has 1 aromatic carbocycles. The first kappa shape index (κ1) is 18.3. The van der Waals surface area contributed by atoms with Gasteiger partial charge in [0.15, 0.2) is 5.82 Å². The highest BCUT2D eigenvalue weighted by Gasteiger charge is 2.19. The zero-order valence-electron chi connectivity index (χ0n) is 15.6. The van der Waals surface area contributed by atoms with Gasteiger partial charge >= 0.3 is 0 Å². The number of amides is 1. The third-order valence-electron chi connectivity index (χ3n) is 4.01. The molecule has 0 spiro atoms. The molecule has 2 N–H and O–H groups in total. The van der Waals surface area contributed by atoms with Crippen LogP contribution in [0, 0.1) is 0 Å². The average molecular weight is 354 g/mol. The van der Waals surface area contributed by atoms with Crippen LogP contribution in [0.15, 0.2) is 36.4 Å². The summed E-state index contributed by atoms with van der Waals surface area (Å²) in [6, 6.07) is 11.4. The van der Waals surface area contributed by atoms with Crippen molar-refractivity contribution in [1.82, 2.24) is 15.3 Å². The predicted molar refractivity (Wildman–Crippen MR) is 102 cm³/mol. The zero-order chi connectivity index (χ0) is 18.6. The lowest BCUT2D eigenvalue weighted by Crippen LogP contribution is -2.33. The van der Waals surface area contributed by atoms with Gasteiger partial charge in [-0.25, -0.2) is 9.97 Å². The Labute approximate surface area is 154 Å². The molecule has 2 heterocycles. The molecular formula is C20H26N4O2. The molecule has 138 valence electrons. The summed E-state index contributed by atoms with van der Waals surface area (Å²) in [5.74, 6) is 0.952. The van der Waals surface area contributed by atoms with Crippen LogP contribution in [0.4, 0.5) is 5.82 Å². The summed E-state index contributed by atoms with van der Waals surface area (Å²) in [6.07, 6.45) is 2.13. The second-order valence-electron chi connectivity index (χ2n) is 7.55. The number of hydrogen-bond acceptors (Lipinski definition) is 5. The summed E-state index contributed by atoms with van der Waals surface area (Å²) < 4.78 is 5.56. The first-order chi connectivity index (χ1) is 12.4. The topological polar surface area (TPSA) is 76.1 Å². The number of benzene rings is 1. The molecule has 2 aromatic rings. The van der Waals surface area contributed by atoms with E-state index < -0.39 is 0 Å². The van der Waals surface area contributed by atoms with Gasteiger partial charge in [0, 0.05) is 30.3 Å². The van der Waals surface area contributed by atoms with Crippen LogP contribution in [0.2, 0.25) is 0 Å². The van der Waals surface area contributed by atoms with E-state index in [-0.39, 0.29) is 17.6 Å². The number of ether oxygens (including phenoxy) is 1. The SMILES string of the molecule is CC(C)(C)Nc1cc(C(=O)NCC2CCCO2)nc(-c2ccccc2)n1. The lowest BCUT2D eigenvalue weighted by molar-refractivity contribution is 0.0853. The van der Waals surface area contributed by atoms with Crippen LogP contribution in [0.1, 0.15) is 44.1 Å². The Balaban J connectivity index is 1.84. The molecule has 1 aromatic heterocycles. The van der Waals surface area contributed by atoms with Crippen molar-refractivity contribution in [3.63, 3.8) is 0 Å². The largest absolute Gasteiger partial charge is 0.376 e. The average Bonchev–Trinajstić information content (AvgIpc) is 3.12. The highest BCUT2D eigenvalue weighted by Crippen LogP contribution is 2.20. The highest BCUT2D eigenvalue weighted by atomic mass is 16.5. The van der Waals surface area contributed by atoms with Crippen molar-refractivity contribution < 1.29 is 9.53 Å². The lowest BCUT2D eigenvalue weighted by atomic mass is 10.1. The number of nitrogens with zero attached hydrogens (tertiary/aromatic N) is 2. The summed E-state index contributed by atoms with van der Waals surface area (Å²) in [6.45, 7) is 7.43. The summed E-state index contributed by atoms with van der Waals surface area (Å²) in [5.41, 5.74) is 1.05. The zero-order valence-corrected chi connectivity index (χ0v) is 15.6. The van der Waals surface area contributed by atoms with E-state index in [1.807, 2.05) is 30.3 Å². The van der Waals surface area contributed by atoms with E-state index in [9.17, 15) is 4.79 Å². The fourth-order valence-corrected chi connectivity index (χ4v) is 2.83. The van der Waals surface area contributed by atoms with E-state index in [2.05, 4.69) is 41.4 Å². The molecule has 26 heavy (non-hydrogen) atoms. The second-order valence-corrected chi connectivity index (χ2v) is 7.55. The van der Waals surface area contributed by atoms with Crippen LogP contribution >= 0.6 is 0 Å². The molecule has 1 atom stereocenters. The molecule has 1 saturated heterocycles. The summed E-state index contributed by atoms with van der Waals surface area (Å²) in [4.78, 5) is 21.7. The fourth-order valence-electron chi connectivity index (χ4n) is 2.83. The number of carbonyl (C=O) groups excluding carboxylic acids is 1. The molecule has 6 heteroatoms. The van der Waals surface area contributed by atoms with Gasteiger partial charge in [-0.3, -0.25) is 4.79 Å². The van der Waals surface area contributed by atoms with Gasteiger partial charge < -0.3 is 15.4 Å². The van der Waals surface area contributed by atoms with E-state index in [1.54, 1.807) is 6.07 Å². The molecule has 1 fully saturated rings. The van der Waals surface area contributed by atoms with Gasteiger partial charge in [-0.15, -0.1) is 0 Å². The standard InChI is InChI=1S/C20H26N4O2/c1-20(2,3)24-17-12-16(19(25)21-13-15-10-7-11-26-15)22-18(23-17)14-8-5-4-6-9-14/h4-6,8-9,12,15H,7,10-11,13H2,1-3H3,(H,21,25)(H,22,23,24). The van der Waals surface area contributed by atoms with Gasteiger partial charge in [-0.1, -0.05) is 30.3 Å². The van der Waals surface area contributed by atoms with Crippen LogP contribution in [-0.2, 0) is 4.74 Å². The van der Waals surface area contributed by atoms with Crippen molar-refractivity contribution >= 4 is 11.7 Å². The van der Waals surface area contributed by atoms with Gasteiger partial charge in [-0.2, -0.15) is 0 Å². The van der Waals surface area contributed by atoms with Crippen molar-refractivity contribution in [3.8, 4) is 11.4 Å². The quantitative estimate of drug-likeness (QED) is 0.862. The van der Waals surface area contributed by atoms with Crippen LogP contribution < -0.4 is 10.6 Å². The van der Waals surface area contributed by atoms with Crippen molar-refractivity contribution in [2.24, 2.45) is 0 Å². The third kappa shape index (κ3) is 5.02. The Kier molecular flexibility index (Phi) is 5.52. The maximum atomic E-state index is 12.6. The predicted octanol–water partition coefficient (Wildman–Crippen LogP) is 3.26. The number of anilines is 1. The minimum Gasteiger partial charge on any atom is -0.376 e. The van der Waals surface area contributed by atoms with Gasteiger partial charge in [0.05, 0.1) is 6.10 Å². The fraction of sp³-hybridized carbons (Fsp3) is 0.450. The number of nitrogens with one attached hydrogen (secondary N) is 2. The lowest BCUT2D eigenvalue weighted by Gasteiger charge is -2.22. The third-order valence-corrected chi connectivity index (χ3v) is 4.01. The Bertz CT molecular complexity index is 750. The summed E-state index contributed by atoms with van der Waals surface area (Å²) in [5, 5.41) is 6.26. The van der Waals surface area contributed by atoms with E-state index in [4.69, 9.17) is 4.74 Å². The number of carbonyl (C=O) groups is 1. The van der Waals surface area contributed by atoms with Crippen molar-refractivity contribution in [1.29, 1.82) is 0 Å². The number of rotatable bonds is 5. The van der Waals surface area contributed by atoms with E-state index in [0.717, 1.165) is 25.0 Å². The Morgan fingerprint density at radius 1 is 1.23 bits per heavy atom. The van der Waals surface area contributed by atoms with Gasteiger partial charge in [-0.05, 0) is 33.6 Å². The maximum absolute atomic E-state index is 12.6. The number of hydrogen-bond donors (Lipinski definition) is 2. The van der Waals surface area contributed by atoms with Gasteiger partial charge in [0.25, 0.3) is 5.91 Å². The molecule has 1 amide bonds. The van der Waals surface area contributed by atoms with Crippen LogP contribution in [-0.4, -0.2) is 40.7 Å². The molecule has 0 saturated carbocycles. The van der Waals surface area contributed by atoms with Crippen molar-refractivity contribution in [2.45, 2.75) is 45.3 Å². The van der Waals surface area contributed by atoms with Crippen LogP contribution in [0.5, 0.6) is 0 Å². The minimum atomic E-state index is -0.211. The van der Waals surface area contributed by atoms with Gasteiger partial charge in [0.2, 0.25) is 0 Å². The summed E-state index contributed by atoms with van der Waals surface area (Å²) in [7, 11) is 0. The van der Waals surface area contributed by atoms with E-state index >= 15 is 0 Å². The minimum absolute atomic E-state index is 0.0987. The second kappa shape index (κ2) is 7.83. The first-order valence-corrected chi connectivity index (χ1v) is 9.03. The molecule has 6 nitrogen and oxygen atoms in total. The molecule has 3 rings (SSSR count). The molecule has 1 unspecified atom stereocenters. The molecular weight excluding hydrogens is 328 g/mol. The Hall–Kier alpha value is -2.47. The molecule has 0 radical (unpaired) electrons. The smallest absolute Gasteiger partial charge is 0.270 e. The van der Waals surface area contributed by atoms with Crippen molar-refractivity contribution in [3.05, 3.63) is 42.1 Å². The Morgan fingerprint density at radius 3 is 2.65 bits per heavy atom. The summed E-state index contributed by atoms with van der Waals surface area (Å²) >= 11 is 0. The van der Waals surface area contributed by atoms with E-state index in [0.29, 0.717) is 23.9 Å².